The maximum atomic E-state index is 13.1. The Morgan fingerprint density at radius 1 is 0.737 bits per heavy atom. The first-order valence-corrected chi connectivity index (χ1v) is 13.6. The minimum Gasteiger partial charge on any atom is -0.345 e. The van der Waals surface area contributed by atoms with E-state index in [1.54, 1.807) is 55.5 Å². The molecule has 4 aromatic carbocycles. The fraction of sp³-hybridized carbons (Fsp3) is 0.133. The van der Waals surface area contributed by atoms with Crippen LogP contribution >= 0.6 is 0 Å². The summed E-state index contributed by atoms with van der Waals surface area (Å²) in [6.07, 6.45) is 0. The zero-order valence-corrected chi connectivity index (χ0v) is 22.2. The smallest absolute Gasteiger partial charge is 0.261 e. The molecule has 0 aromatic heterocycles. The standard InChI is InChI=1S/C30H29N3O4S/c1-20-13-17-25(18-14-20)38(36,37)33-28-19-24(16-15-21(28)2)29(34)32-27-12-8-7-11-26(27)30(35)31-22(3)23-9-5-4-6-10-23/h4-19,22,33H,1-3H3,(H,31,35)(H,32,34)/t22-/m1/s1. The Balaban J connectivity index is 1.52. The highest BCUT2D eigenvalue weighted by Crippen LogP contribution is 2.24. The molecule has 0 bridgehead atoms. The van der Waals surface area contributed by atoms with E-state index < -0.39 is 15.9 Å². The minimum atomic E-state index is -3.84. The van der Waals surface area contributed by atoms with Crippen LogP contribution in [-0.2, 0) is 10.0 Å². The van der Waals surface area contributed by atoms with Crippen LogP contribution in [0.3, 0.4) is 0 Å². The summed E-state index contributed by atoms with van der Waals surface area (Å²) in [5.74, 6) is -0.801. The van der Waals surface area contributed by atoms with Gasteiger partial charge in [-0.3, -0.25) is 14.3 Å². The second kappa shape index (κ2) is 11.3. The maximum absolute atomic E-state index is 13.1. The summed E-state index contributed by atoms with van der Waals surface area (Å²) in [6, 6.07) is 27.4. The third-order valence-corrected chi connectivity index (χ3v) is 7.52. The third-order valence-electron chi connectivity index (χ3n) is 6.14. The van der Waals surface area contributed by atoms with Gasteiger partial charge in [0.2, 0.25) is 0 Å². The molecule has 3 N–H and O–H groups in total. The summed E-state index contributed by atoms with van der Waals surface area (Å²) < 4.78 is 28.4. The van der Waals surface area contributed by atoms with Gasteiger partial charge >= 0.3 is 0 Å². The van der Waals surface area contributed by atoms with Gasteiger partial charge in [-0.1, -0.05) is 66.2 Å². The second-order valence-corrected chi connectivity index (χ2v) is 10.7. The number of rotatable bonds is 8. The number of hydrogen-bond donors (Lipinski definition) is 3. The molecule has 0 unspecified atom stereocenters. The Bertz CT molecular complexity index is 1570. The Morgan fingerprint density at radius 2 is 1.39 bits per heavy atom. The molecule has 4 rings (SSSR count). The lowest BCUT2D eigenvalue weighted by molar-refractivity contribution is 0.0940. The number of nitrogens with one attached hydrogen (secondary N) is 3. The van der Waals surface area contributed by atoms with Crippen molar-refractivity contribution in [2.24, 2.45) is 0 Å². The molecule has 1 atom stereocenters. The molecule has 0 aliphatic carbocycles. The molecule has 194 valence electrons. The molecule has 0 fully saturated rings. The molecule has 2 amide bonds. The molecule has 0 aliphatic rings. The highest BCUT2D eigenvalue weighted by molar-refractivity contribution is 7.92. The summed E-state index contributed by atoms with van der Waals surface area (Å²) in [5.41, 5.74) is 3.76. The van der Waals surface area contributed by atoms with E-state index in [0.717, 1.165) is 11.1 Å². The molecule has 38 heavy (non-hydrogen) atoms. The summed E-state index contributed by atoms with van der Waals surface area (Å²) in [4.78, 5) is 26.3. The first-order valence-electron chi connectivity index (χ1n) is 12.1. The van der Waals surface area contributed by atoms with Crippen molar-refractivity contribution in [2.75, 3.05) is 10.0 Å². The summed E-state index contributed by atoms with van der Waals surface area (Å²) in [7, 11) is -3.84. The fourth-order valence-corrected chi connectivity index (χ4v) is 5.00. The first kappa shape index (κ1) is 26.6. The van der Waals surface area contributed by atoms with Gasteiger partial charge in [-0.15, -0.1) is 0 Å². The number of hydrogen-bond acceptors (Lipinski definition) is 4. The molecule has 0 heterocycles. The van der Waals surface area contributed by atoms with E-state index in [1.165, 1.54) is 18.2 Å². The molecule has 0 saturated heterocycles. The Morgan fingerprint density at radius 3 is 2.11 bits per heavy atom. The van der Waals surface area contributed by atoms with E-state index in [9.17, 15) is 18.0 Å². The third kappa shape index (κ3) is 6.27. The number of aryl methyl sites for hydroxylation is 2. The minimum absolute atomic E-state index is 0.127. The number of para-hydroxylation sites is 1. The highest BCUT2D eigenvalue weighted by Gasteiger charge is 2.19. The molecule has 0 aliphatic heterocycles. The average molecular weight is 528 g/mol. The quantitative estimate of drug-likeness (QED) is 0.267. The molecule has 0 saturated carbocycles. The van der Waals surface area contributed by atoms with E-state index in [1.807, 2.05) is 44.2 Å². The van der Waals surface area contributed by atoms with Crippen molar-refractivity contribution in [3.8, 4) is 0 Å². The zero-order valence-electron chi connectivity index (χ0n) is 21.4. The van der Waals surface area contributed by atoms with Gasteiger partial charge in [0, 0.05) is 5.56 Å². The van der Waals surface area contributed by atoms with E-state index >= 15 is 0 Å². The Hall–Kier alpha value is -4.43. The molecular weight excluding hydrogens is 498 g/mol. The largest absolute Gasteiger partial charge is 0.345 e. The topological polar surface area (TPSA) is 104 Å². The van der Waals surface area contributed by atoms with Gasteiger partial charge < -0.3 is 10.6 Å². The van der Waals surface area contributed by atoms with E-state index in [4.69, 9.17) is 0 Å². The monoisotopic (exact) mass is 527 g/mol. The van der Waals surface area contributed by atoms with Gasteiger partial charge in [0.05, 0.1) is 27.9 Å². The molecule has 7 nitrogen and oxygen atoms in total. The van der Waals surface area contributed by atoms with Crippen LogP contribution in [0.1, 0.15) is 50.4 Å². The van der Waals surface area contributed by atoms with Crippen LogP contribution in [-0.4, -0.2) is 20.2 Å². The van der Waals surface area contributed by atoms with Gasteiger partial charge in [0.15, 0.2) is 0 Å². The molecular formula is C30H29N3O4S. The van der Waals surface area contributed by atoms with Crippen LogP contribution in [0, 0.1) is 13.8 Å². The first-order chi connectivity index (χ1) is 18.1. The zero-order chi connectivity index (χ0) is 27.3. The van der Waals surface area contributed by atoms with Crippen molar-refractivity contribution in [2.45, 2.75) is 31.7 Å². The SMILES string of the molecule is Cc1ccc(S(=O)(=O)Nc2cc(C(=O)Nc3ccccc3C(=O)N[C@H](C)c3ccccc3)ccc2C)cc1. The van der Waals surface area contributed by atoms with Gasteiger partial charge in [-0.25, -0.2) is 8.42 Å². The number of anilines is 2. The molecule has 0 radical (unpaired) electrons. The fourth-order valence-electron chi connectivity index (χ4n) is 3.88. The van der Waals surface area contributed by atoms with Crippen molar-refractivity contribution in [3.63, 3.8) is 0 Å². The van der Waals surface area contributed by atoms with E-state index in [0.29, 0.717) is 22.5 Å². The number of sulfonamides is 1. The predicted octanol–water partition coefficient (Wildman–Crippen LogP) is 5.85. The normalized spacial score (nSPS) is 11.9. The van der Waals surface area contributed by atoms with Crippen LogP contribution in [0.4, 0.5) is 11.4 Å². The van der Waals surface area contributed by atoms with Gasteiger partial charge in [0.25, 0.3) is 21.8 Å². The summed E-state index contributed by atoms with van der Waals surface area (Å²) >= 11 is 0. The summed E-state index contributed by atoms with van der Waals surface area (Å²) in [6.45, 7) is 5.52. The number of carbonyl (C=O) groups excluding carboxylic acids is 2. The number of amides is 2. The van der Waals surface area contributed by atoms with Gasteiger partial charge in [0.1, 0.15) is 0 Å². The maximum Gasteiger partial charge on any atom is 0.261 e. The van der Waals surface area contributed by atoms with Crippen molar-refractivity contribution in [1.29, 1.82) is 0 Å². The van der Waals surface area contributed by atoms with E-state index in [2.05, 4.69) is 15.4 Å². The van der Waals surface area contributed by atoms with Crippen LogP contribution in [0.2, 0.25) is 0 Å². The van der Waals surface area contributed by atoms with Crippen molar-refractivity contribution >= 4 is 33.2 Å². The molecule has 0 spiro atoms. The lowest BCUT2D eigenvalue weighted by Gasteiger charge is -2.17. The number of carbonyl (C=O) groups is 2. The number of benzene rings is 4. The Kier molecular flexibility index (Phi) is 7.93. The highest BCUT2D eigenvalue weighted by atomic mass is 32.2. The van der Waals surface area contributed by atoms with Crippen molar-refractivity contribution in [1.82, 2.24) is 5.32 Å². The second-order valence-electron chi connectivity index (χ2n) is 9.05. The van der Waals surface area contributed by atoms with E-state index in [-0.39, 0.29) is 22.4 Å². The lowest BCUT2D eigenvalue weighted by Crippen LogP contribution is -2.28. The average Bonchev–Trinajstić information content (AvgIpc) is 2.90. The molecule has 8 heteroatoms. The Labute approximate surface area is 223 Å². The van der Waals surface area contributed by atoms with Crippen LogP contribution < -0.4 is 15.4 Å². The predicted molar refractivity (Wildman–Crippen MR) is 150 cm³/mol. The van der Waals surface area contributed by atoms with Crippen LogP contribution in [0.15, 0.2) is 102 Å². The molecule has 4 aromatic rings. The van der Waals surface area contributed by atoms with Gasteiger partial charge in [-0.05, 0) is 68.3 Å². The van der Waals surface area contributed by atoms with Crippen LogP contribution in [0.5, 0.6) is 0 Å². The van der Waals surface area contributed by atoms with Crippen molar-refractivity contribution in [3.05, 3.63) is 125 Å². The van der Waals surface area contributed by atoms with Gasteiger partial charge in [-0.2, -0.15) is 0 Å². The lowest BCUT2D eigenvalue weighted by atomic mass is 10.1. The van der Waals surface area contributed by atoms with Crippen molar-refractivity contribution < 1.29 is 18.0 Å². The van der Waals surface area contributed by atoms with Crippen LogP contribution in [0.25, 0.3) is 0 Å². The summed E-state index contributed by atoms with van der Waals surface area (Å²) in [5, 5.41) is 5.75.